The number of amides is 2. The maximum atomic E-state index is 11.2. The number of carbonyl (C=O) groups excluding carboxylic acids is 2. The number of halogens is 1. The molecule has 2 aliphatic heterocycles. The Labute approximate surface area is 81.2 Å². The van der Waals surface area contributed by atoms with Crippen LogP contribution >= 0.6 is 11.6 Å². The third kappa shape index (κ3) is 1.39. The van der Waals surface area contributed by atoms with Gasteiger partial charge in [0.05, 0.1) is 12.0 Å². The van der Waals surface area contributed by atoms with Crippen LogP contribution in [0.5, 0.6) is 0 Å². The van der Waals surface area contributed by atoms with Crippen molar-refractivity contribution >= 4 is 23.4 Å². The van der Waals surface area contributed by atoms with Crippen molar-refractivity contribution in [3.63, 3.8) is 0 Å². The Morgan fingerprint density at radius 2 is 2.38 bits per heavy atom. The van der Waals surface area contributed by atoms with Gasteiger partial charge in [-0.1, -0.05) is 0 Å². The Hall–Kier alpha value is -0.770. The van der Waals surface area contributed by atoms with E-state index in [1.165, 1.54) is 0 Å². The highest BCUT2D eigenvalue weighted by atomic mass is 35.5. The van der Waals surface area contributed by atoms with E-state index in [0.717, 1.165) is 6.42 Å². The van der Waals surface area contributed by atoms with Gasteiger partial charge in [-0.2, -0.15) is 0 Å². The van der Waals surface area contributed by atoms with Crippen molar-refractivity contribution in [1.82, 2.24) is 10.2 Å². The molecule has 0 aromatic rings. The summed E-state index contributed by atoms with van der Waals surface area (Å²) in [6.45, 7) is 1.34. The van der Waals surface area contributed by atoms with Gasteiger partial charge in [-0.15, -0.1) is 11.6 Å². The smallest absolute Gasteiger partial charge is 0.237 e. The summed E-state index contributed by atoms with van der Waals surface area (Å²) in [6, 6.07) is 0. The molecule has 0 bridgehead atoms. The van der Waals surface area contributed by atoms with Crippen molar-refractivity contribution in [2.45, 2.75) is 18.4 Å². The van der Waals surface area contributed by atoms with Gasteiger partial charge in [-0.25, -0.2) is 0 Å². The van der Waals surface area contributed by atoms with Crippen LogP contribution in [-0.4, -0.2) is 41.2 Å². The molecule has 2 heterocycles. The number of hydrogen-bond donors (Lipinski definition) is 1. The Morgan fingerprint density at radius 3 is 2.92 bits per heavy atom. The molecule has 2 aliphatic rings. The number of hydrogen-bond acceptors (Lipinski definition) is 2. The quantitative estimate of drug-likeness (QED) is 0.470. The summed E-state index contributed by atoms with van der Waals surface area (Å²) in [5.41, 5.74) is -0.112. The fourth-order valence-electron chi connectivity index (χ4n) is 2.00. The summed E-state index contributed by atoms with van der Waals surface area (Å²) in [7, 11) is 0. The predicted molar refractivity (Wildman–Crippen MR) is 47.4 cm³/mol. The van der Waals surface area contributed by atoms with Gasteiger partial charge in [0.15, 0.2) is 0 Å². The molecule has 1 atom stereocenters. The highest BCUT2D eigenvalue weighted by Crippen LogP contribution is 2.30. The molecule has 0 aliphatic carbocycles. The van der Waals surface area contributed by atoms with Crippen LogP contribution in [0.2, 0.25) is 0 Å². The van der Waals surface area contributed by atoms with E-state index < -0.39 is 0 Å². The Bertz CT molecular complexity index is 259. The summed E-state index contributed by atoms with van der Waals surface area (Å²) < 4.78 is 0. The second-order valence-electron chi connectivity index (χ2n) is 3.70. The number of alkyl halides is 1. The van der Waals surface area contributed by atoms with Crippen LogP contribution in [0.3, 0.4) is 0 Å². The molecule has 1 spiro atoms. The first kappa shape index (κ1) is 8.81. The lowest BCUT2D eigenvalue weighted by molar-refractivity contribution is -0.134. The minimum atomic E-state index is -0.112. The molecule has 1 N–H and O–H groups in total. The van der Waals surface area contributed by atoms with Crippen molar-refractivity contribution in [2.75, 3.05) is 19.0 Å². The van der Waals surface area contributed by atoms with Crippen molar-refractivity contribution in [2.24, 2.45) is 0 Å². The molecular formula is C8H11ClN2O2. The van der Waals surface area contributed by atoms with Crippen molar-refractivity contribution in [3.05, 3.63) is 0 Å². The van der Waals surface area contributed by atoms with Crippen molar-refractivity contribution < 1.29 is 9.59 Å². The van der Waals surface area contributed by atoms with E-state index in [-0.39, 0.29) is 23.2 Å². The number of likely N-dealkylation sites (tertiary alicyclic amines) is 1. The highest BCUT2D eigenvalue weighted by molar-refractivity contribution is 6.27. The molecule has 1 unspecified atom stereocenters. The maximum Gasteiger partial charge on any atom is 0.237 e. The van der Waals surface area contributed by atoms with Crippen LogP contribution < -0.4 is 5.32 Å². The predicted octanol–water partition coefficient (Wildman–Crippen LogP) is -0.284. The highest BCUT2D eigenvalue weighted by Gasteiger charge is 2.48. The zero-order valence-electron chi connectivity index (χ0n) is 7.18. The van der Waals surface area contributed by atoms with Gasteiger partial charge in [0.1, 0.15) is 5.88 Å². The number of carbonyl (C=O) groups is 2. The fourth-order valence-corrected chi connectivity index (χ4v) is 2.17. The lowest BCUT2D eigenvalue weighted by Gasteiger charge is -2.38. The number of nitrogens with zero attached hydrogens (tertiary/aromatic N) is 1. The molecule has 2 fully saturated rings. The molecule has 2 amide bonds. The molecular weight excluding hydrogens is 192 g/mol. The second-order valence-corrected chi connectivity index (χ2v) is 3.97. The van der Waals surface area contributed by atoms with E-state index in [4.69, 9.17) is 11.6 Å². The SMILES string of the molecule is O=C1CC2(CCN(C(=O)CCl)C2)N1. The fraction of sp³-hybridized carbons (Fsp3) is 0.750. The molecule has 4 nitrogen and oxygen atoms in total. The lowest BCUT2D eigenvalue weighted by Crippen LogP contribution is -2.62. The minimum Gasteiger partial charge on any atom is -0.348 e. The normalized spacial score (nSPS) is 31.8. The first-order chi connectivity index (χ1) is 6.15. The van der Waals surface area contributed by atoms with Crippen molar-refractivity contribution in [3.8, 4) is 0 Å². The van der Waals surface area contributed by atoms with Crippen LogP contribution in [0.15, 0.2) is 0 Å². The largest absolute Gasteiger partial charge is 0.348 e. The lowest BCUT2D eigenvalue weighted by atomic mass is 9.86. The topological polar surface area (TPSA) is 49.4 Å². The van der Waals surface area contributed by atoms with Crippen LogP contribution in [0.4, 0.5) is 0 Å². The minimum absolute atomic E-state index is 0.0318. The second kappa shape index (κ2) is 2.87. The molecule has 0 aromatic carbocycles. The molecule has 0 radical (unpaired) electrons. The molecule has 2 rings (SSSR count). The van der Waals surface area contributed by atoms with Crippen LogP contribution in [0.25, 0.3) is 0 Å². The molecule has 2 saturated heterocycles. The van der Waals surface area contributed by atoms with E-state index in [9.17, 15) is 9.59 Å². The van der Waals surface area contributed by atoms with Gasteiger partial charge < -0.3 is 10.2 Å². The molecule has 0 aromatic heterocycles. The first-order valence-electron chi connectivity index (χ1n) is 4.30. The Balaban J connectivity index is 1.95. The van der Waals surface area contributed by atoms with E-state index in [1.54, 1.807) is 4.90 Å². The van der Waals surface area contributed by atoms with Gasteiger partial charge in [-0.3, -0.25) is 9.59 Å². The third-order valence-corrected chi connectivity index (χ3v) is 2.95. The number of nitrogens with one attached hydrogen (secondary N) is 1. The standard InChI is InChI=1S/C8H11ClN2O2/c9-4-7(13)11-2-1-8(5-11)3-6(12)10-8/h1-5H2,(H,10,12). The van der Waals surface area contributed by atoms with E-state index in [0.29, 0.717) is 19.5 Å². The zero-order chi connectivity index (χ0) is 9.47. The molecule has 72 valence electrons. The van der Waals surface area contributed by atoms with E-state index >= 15 is 0 Å². The Morgan fingerprint density at radius 1 is 1.69 bits per heavy atom. The molecule has 13 heavy (non-hydrogen) atoms. The summed E-state index contributed by atoms with van der Waals surface area (Å²) in [6.07, 6.45) is 1.42. The van der Waals surface area contributed by atoms with Crippen LogP contribution in [0, 0.1) is 0 Å². The third-order valence-electron chi connectivity index (χ3n) is 2.72. The summed E-state index contributed by atoms with van der Waals surface area (Å²) in [5.74, 6) is 0.0733. The van der Waals surface area contributed by atoms with Crippen LogP contribution in [-0.2, 0) is 9.59 Å². The van der Waals surface area contributed by atoms with Crippen molar-refractivity contribution in [1.29, 1.82) is 0 Å². The summed E-state index contributed by atoms with van der Waals surface area (Å²) in [5, 5.41) is 2.85. The zero-order valence-corrected chi connectivity index (χ0v) is 7.93. The average Bonchev–Trinajstić information content (AvgIpc) is 2.47. The monoisotopic (exact) mass is 202 g/mol. The van der Waals surface area contributed by atoms with Gasteiger partial charge in [-0.05, 0) is 6.42 Å². The Kier molecular flexibility index (Phi) is 1.95. The van der Waals surface area contributed by atoms with E-state index in [2.05, 4.69) is 5.32 Å². The molecule has 0 saturated carbocycles. The van der Waals surface area contributed by atoms with Gasteiger partial charge in [0, 0.05) is 13.1 Å². The van der Waals surface area contributed by atoms with Gasteiger partial charge in [0.25, 0.3) is 0 Å². The number of β-lactam (4-membered cyclic amide) rings is 1. The summed E-state index contributed by atoms with van der Waals surface area (Å²) >= 11 is 5.44. The number of rotatable bonds is 1. The average molecular weight is 203 g/mol. The first-order valence-corrected chi connectivity index (χ1v) is 4.83. The maximum absolute atomic E-state index is 11.2. The van der Waals surface area contributed by atoms with Crippen LogP contribution in [0.1, 0.15) is 12.8 Å². The summed E-state index contributed by atoms with van der Waals surface area (Å²) in [4.78, 5) is 23.7. The van der Waals surface area contributed by atoms with Gasteiger partial charge in [0.2, 0.25) is 11.8 Å². The van der Waals surface area contributed by atoms with E-state index in [1.807, 2.05) is 0 Å². The van der Waals surface area contributed by atoms with Gasteiger partial charge >= 0.3 is 0 Å². The molecule has 5 heteroatoms.